The molecule has 0 spiro atoms. The highest BCUT2D eigenvalue weighted by molar-refractivity contribution is 14.0. The summed E-state index contributed by atoms with van der Waals surface area (Å²) in [5, 5.41) is 3.45. The van der Waals surface area contributed by atoms with E-state index in [1.54, 1.807) is 0 Å². The number of nitrogens with zero attached hydrogens (tertiary/aromatic N) is 2. The van der Waals surface area contributed by atoms with Gasteiger partial charge >= 0.3 is 0 Å². The Morgan fingerprint density at radius 1 is 1.36 bits per heavy atom. The van der Waals surface area contributed by atoms with Crippen molar-refractivity contribution >= 4 is 29.9 Å². The van der Waals surface area contributed by atoms with Gasteiger partial charge in [-0.15, -0.1) is 24.0 Å². The molecule has 22 heavy (non-hydrogen) atoms. The molecule has 0 aromatic carbocycles. The van der Waals surface area contributed by atoms with Gasteiger partial charge in [0, 0.05) is 39.9 Å². The van der Waals surface area contributed by atoms with Crippen molar-refractivity contribution < 1.29 is 9.47 Å². The van der Waals surface area contributed by atoms with Gasteiger partial charge < -0.3 is 19.7 Å². The van der Waals surface area contributed by atoms with Crippen molar-refractivity contribution in [2.24, 2.45) is 10.9 Å². The Balaban J connectivity index is 0.00000242. The van der Waals surface area contributed by atoms with Crippen molar-refractivity contribution in [2.45, 2.75) is 45.1 Å². The molecule has 2 heterocycles. The molecule has 130 valence electrons. The molecule has 0 radical (unpaired) electrons. The van der Waals surface area contributed by atoms with E-state index in [1.807, 2.05) is 7.05 Å². The summed E-state index contributed by atoms with van der Waals surface area (Å²) in [5.41, 5.74) is 0. The Labute approximate surface area is 152 Å². The van der Waals surface area contributed by atoms with Crippen LogP contribution in [0, 0.1) is 5.92 Å². The molecule has 2 unspecified atom stereocenters. The SMILES string of the molecule is CN=C(NCCCOCC1CCCO1)N1CCCC(C)C1.I. The molecule has 0 saturated carbocycles. The molecule has 2 aliphatic heterocycles. The largest absolute Gasteiger partial charge is 0.379 e. The van der Waals surface area contributed by atoms with Crippen molar-refractivity contribution in [1.29, 1.82) is 0 Å². The number of halogens is 1. The van der Waals surface area contributed by atoms with Gasteiger partial charge in [0.1, 0.15) is 0 Å². The minimum Gasteiger partial charge on any atom is -0.379 e. The molecule has 1 N–H and O–H groups in total. The summed E-state index contributed by atoms with van der Waals surface area (Å²) in [5.74, 6) is 1.81. The molecule has 0 aromatic rings. The minimum absolute atomic E-state index is 0. The van der Waals surface area contributed by atoms with Crippen molar-refractivity contribution in [2.75, 3.05) is 46.5 Å². The maximum Gasteiger partial charge on any atom is 0.193 e. The highest BCUT2D eigenvalue weighted by Gasteiger charge is 2.19. The third-order valence-electron chi connectivity index (χ3n) is 4.24. The zero-order chi connectivity index (χ0) is 14.9. The van der Waals surface area contributed by atoms with Crippen LogP contribution in [0.3, 0.4) is 0 Å². The molecule has 0 bridgehead atoms. The summed E-state index contributed by atoms with van der Waals surface area (Å²) in [7, 11) is 1.87. The van der Waals surface area contributed by atoms with Gasteiger partial charge in [-0.05, 0) is 38.0 Å². The van der Waals surface area contributed by atoms with Crippen LogP contribution in [0.5, 0.6) is 0 Å². The molecule has 5 nitrogen and oxygen atoms in total. The number of likely N-dealkylation sites (tertiary alicyclic amines) is 1. The highest BCUT2D eigenvalue weighted by atomic mass is 127. The van der Waals surface area contributed by atoms with Gasteiger partial charge in [0.05, 0.1) is 12.7 Å². The third-order valence-corrected chi connectivity index (χ3v) is 4.24. The van der Waals surface area contributed by atoms with Crippen molar-refractivity contribution in [3.63, 3.8) is 0 Å². The number of rotatable bonds is 6. The van der Waals surface area contributed by atoms with E-state index in [0.717, 1.165) is 64.2 Å². The molecule has 2 aliphatic rings. The summed E-state index contributed by atoms with van der Waals surface area (Å²) in [4.78, 5) is 6.77. The molecule has 0 aromatic heterocycles. The molecule has 2 rings (SSSR count). The van der Waals surface area contributed by atoms with Gasteiger partial charge in [0.2, 0.25) is 0 Å². The third kappa shape index (κ3) is 7.00. The molecule has 2 saturated heterocycles. The predicted molar refractivity (Wildman–Crippen MR) is 101 cm³/mol. The Morgan fingerprint density at radius 3 is 2.91 bits per heavy atom. The quantitative estimate of drug-likeness (QED) is 0.308. The topological polar surface area (TPSA) is 46.1 Å². The second kappa shape index (κ2) is 11.5. The lowest BCUT2D eigenvalue weighted by atomic mass is 10.0. The van der Waals surface area contributed by atoms with Gasteiger partial charge in [-0.25, -0.2) is 0 Å². The number of hydrogen-bond acceptors (Lipinski definition) is 3. The maximum atomic E-state index is 5.68. The number of aliphatic imine (C=N–C) groups is 1. The van der Waals surface area contributed by atoms with Crippen LogP contribution in [0.4, 0.5) is 0 Å². The number of guanidine groups is 1. The van der Waals surface area contributed by atoms with Crippen LogP contribution in [0.1, 0.15) is 39.0 Å². The normalized spacial score (nSPS) is 25.9. The lowest BCUT2D eigenvalue weighted by Crippen LogP contribution is -2.46. The van der Waals surface area contributed by atoms with E-state index in [9.17, 15) is 0 Å². The summed E-state index contributed by atoms with van der Waals surface area (Å²) < 4.78 is 11.2. The molecule has 6 heteroatoms. The van der Waals surface area contributed by atoms with Crippen LogP contribution in [0.2, 0.25) is 0 Å². The van der Waals surface area contributed by atoms with Gasteiger partial charge in [-0.3, -0.25) is 4.99 Å². The minimum atomic E-state index is 0. The molecule has 2 fully saturated rings. The monoisotopic (exact) mass is 425 g/mol. The number of ether oxygens (including phenoxy) is 2. The fraction of sp³-hybridized carbons (Fsp3) is 0.938. The molecule has 0 aliphatic carbocycles. The van der Waals surface area contributed by atoms with Crippen LogP contribution < -0.4 is 5.32 Å². The average molecular weight is 425 g/mol. The van der Waals surface area contributed by atoms with Crippen LogP contribution >= 0.6 is 24.0 Å². The molecule has 2 atom stereocenters. The first kappa shape index (κ1) is 20.0. The van der Waals surface area contributed by atoms with Crippen LogP contribution in [-0.2, 0) is 9.47 Å². The summed E-state index contributed by atoms with van der Waals surface area (Å²) in [6, 6.07) is 0. The second-order valence-electron chi connectivity index (χ2n) is 6.23. The Bertz CT molecular complexity index is 323. The van der Waals surface area contributed by atoms with Gasteiger partial charge in [-0.2, -0.15) is 0 Å². The van der Waals surface area contributed by atoms with Crippen LogP contribution in [-0.4, -0.2) is 63.5 Å². The van der Waals surface area contributed by atoms with E-state index in [-0.39, 0.29) is 24.0 Å². The van der Waals surface area contributed by atoms with E-state index in [4.69, 9.17) is 9.47 Å². The molecule has 0 amide bonds. The van der Waals surface area contributed by atoms with E-state index >= 15 is 0 Å². The van der Waals surface area contributed by atoms with E-state index in [0.29, 0.717) is 6.10 Å². The van der Waals surface area contributed by atoms with Crippen molar-refractivity contribution in [3.8, 4) is 0 Å². The smallest absolute Gasteiger partial charge is 0.193 e. The fourth-order valence-corrected chi connectivity index (χ4v) is 3.08. The number of piperidine rings is 1. The number of hydrogen-bond donors (Lipinski definition) is 1. The number of nitrogens with one attached hydrogen (secondary N) is 1. The Morgan fingerprint density at radius 2 is 2.23 bits per heavy atom. The highest BCUT2D eigenvalue weighted by Crippen LogP contribution is 2.15. The summed E-state index contributed by atoms with van der Waals surface area (Å²) in [6.45, 7) is 7.93. The summed E-state index contributed by atoms with van der Waals surface area (Å²) in [6.07, 6.45) is 6.28. The molecular weight excluding hydrogens is 393 g/mol. The lowest BCUT2D eigenvalue weighted by Gasteiger charge is -2.33. The standard InChI is InChI=1S/C16H31N3O2.HI/c1-14-6-3-9-19(12-14)16(17-2)18-8-5-10-20-13-15-7-4-11-21-15;/h14-15H,3-13H2,1-2H3,(H,17,18);1H. The zero-order valence-corrected chi connectivity index (χ0v) is 16.4. The van der Waals surface area contributed by atoms with E-state index in [1.165, 1.54) is 19.3 Å². The Kier molecular flexibility index (Phi) is 10.4. The lowest BCUT2D eigenvalue weighted by molar-refractivity contribution is 0.0168. The first-order valence-corrected chi connectivity index (χ1v) is 8.44. The van der Waals surface area contributed by atoms with Crippen molar-refractivity contribution in [3.05, 3.63) is 0 Å². The molecular formula is C16H32IN3O2. The van der Waals surface area contributed by atoms with Crippen LogP contribution in [0.15, 0.2) is 4.99 Å². The van der Waals surface area contributed by atoms with Gasteiger partial charge in [0.25, 0.3) is 0 Å². The predicted octanol–water partition coefficient (Wildman–Crippen LogP) is 2.50. The van der Waals surface area contributed by atoms with Gasteiger partial charge in [-0.1, -0.05) is 6.92 Å². The van der Waals surface area contributed by atoms with Gasteiger partial charge in [0.15, 0.2) is 5.96 Å². The second-order valence-corrected chi connectivity index (χ2v) is 6.23. The van der Waals surface area contributed by atoms with Crippen molar-refractivity contribution in [1.82, 2.24) is 10.2 Å². The fourth-order valence-electron chi connectivity index (χ4n) is 3.08. The maximum absolute atomic E-state index is 5.68. The first-order chi connectivity index (χ1) is 10.3. The average Bonchev–Trinajstić information content (AvgIpc) is 3.00. The zero-order valence-electron chi connectivity index (χ0n) is 14.1. The van der Waals surface area contributed by atoms with E-state index < -0.39 is 0 Å². The van der Waals surface area contributed by atoms with Crippen LogP contribution in [0.25, 0.3) is 0 Å². The van der Waals surface area contributed by atoms with E-state index in [2.05, 4.69) is 22.1 Å². The Hall–Kier alpha value is -0.0800. The summed E-state index contributed by atoms with van der Waals surface area (Å²) >= 11 is 0. The first-order valence-electron chi connectivity index (χ1n) is 8.44.